The molecule has 0 spiro atoms. The van der Waals surface area contributed by atoms with Crippen LogP contribution in [0.1, 0.15) is 49.9 Å². The maximum absolute atomic E-state index is 13.6. The summed E-state index contributed by atoms with van der Waals surface area (Å²) in [6.45, 7) is 12.2. The number of halogens is 2. The third-order valence-electron chi connectivity index (χ3n) is 12.9. The van der Waals surface area contributed by atoms with E-state index in [4.69, 9.17) is 25.7 Å². The van der Waals surface area contributed by atoms with E-state index in [1.54, 1.807) is 49.4 Å². The number of anilines is 4. The van der Waals surface area contributed by atoms with Crippen LogP contribution in [-0.2, 0) is 40.1 Å². The van der Waals surface area contributed by atoms with Gasteiger partial charge in [-0.25, -0.2) is 23.4 Å². The highest BCUT2D eigenvalue weighted by Gasteiger charge is 2.41. The zero-order chi connectivity index (χ0) is 50.4. The summed E-state index contributed by atoms with van der Waals surface area (Å²) in [5, 5.41) is 17.5. The smallest absolute Gasteiger partial charge is 0.314 e. The first-order chi connectivity index (χ1) is 33.4. The number of pyridine rings is 2. The van der Waals surface area contributed by atoms with E-state index >= 15 is 0 Å². The van der Waals surface area contributed by atoms with Gasteiger partial charge in [-0.05, 0) is 54.3 Å². The van der Waals surface area contributed by atoms with Crippen LogP contribution in [0.25, 0.3) is 21.8 Å². The molecule has 0 saturated carbocycles. The molecule has 6 atom stereocenters. The summed E-state index contributed by atoms with van der Waals surface area (Å²) in [4.78, 5) is 64.1. The molecule has 4 amide bonds. The summed E-state index contributed by atoms with van der Waals surface area (Å²) < 4.78 is 45.7. The fourth-order valence-electron chi connectivity index (χ4n) is 8.88. The zero-order valence-electron chi connectivity index (χ0n) is 40.2. The first-order valence-electron chi connectivity index (χ1n) is 22.9. The van der Waals surface area contributed by atoms with Crippen LogP contribution in [0.5, 0.6) is 0 Å². The number of likely N-dealkylation sites (tertiary alicyclic amines) is 2. The Kier molecular flexibility index (Phi) is 15.9. The summed E-state index contributed by atoms with van der Waals surface area (Å²) in [7, 11) is 1.99. The van der Waals surface area contributed by atoms with Crippen molar-refractivity contribution in [3.63, 3.8) is 0 Å². The van der Waals surface area contributed by atoms with Crippen molar-refractivity contribution in [2.45, 2.75) is 83.4 Å². The van der Waals surface area contributed by atoms with Crippen molar-refractivity contribution in [1.29, 1.82) is 0 Å². The molecule has 6 heterocycles. The molecule has 2 aromatic carbocycles. The summed E-state index contributed by atoms with van der Waals surface area (Å²) >= 11 is 0. The second-order valence-electron chi connectivity index (χ2n) is 19.0. The number of nitrogens with one attached hydrogen (secondary N) is 3. The number of carbonyl (C=O) groups is 4. The molecule has 0 aliphatic carbocycles. The van der Waals surface area contributed by atoms with Crippen LogP contribution in [0.2, 0.25) is 25.7 Å². The molecule has 4 aromatic heterocycles. The molecule has 0 radical (unpaired) electrons. The van der Waals surface area contributed by atoms with Crippen LogP contribution in [0.4, 0.5) is 31.8 Å². The number of rotatable bonds is 11. The van der Waals surface area contributed by atoms with Crippen molar-refractivity contribution in [1.82, 2.24) is 39.7 Å². The molecule has 8 rings (SSSR count). The fraction of sp³-hybridized carbons (Fsp3) is 0.417. The number of piperidine rings is 2. The number of ether oxygens (including phenoxy) is 3. The SMILES string of the molecule is COC1CC(c2ccc(F)cc2)N(C(=O)C(=O)Nc2cnc(N)c3cn[nH]c23)CC1C.COC1CC(c2ccc(F)cc2)N(C(=O)C(=O)Nc2cnc(N)c3cnn(COCC[Si](C)(C)C)c23)CC1C. The molecule has 2 aliphatic rings. The molecule has 0 bridgehead atoms. The number of H-pyrrole nitrogens is 1. The molecule has 6 unspecified atom stereocenters. The summed E-state index contributed by atoms with van der Waals surface area (Å²) in [5.74, 6) is -3.21. The van der Waals surface area contributed by atoms with Gasteiger partial charge in [0.1, 0.15) is 30.0 Å². The highest BCUT2D eigenvalue weighted by Crippen LogP contribution is 2.37. The molecular formula is C48H60F2N12O7Si. The van der Waals surface area contributed by atoms with Crippen LogP contribution in [-0.4, -0.2) is 118 Å². The minimum Gasteiger partial charge on any atom is -0.383 e. The maximum atomic E-state index is 13.6. The Morgan fingerprint density at radius 2 is 1.21 bits per heavy atom. The van der Waals surface area contributed by atoms with E-state index < -0.39 is 43.8 Å². The fourth-order valence-corrected chi connectivity index (χ4v) is 9.64. The first-order valence-corrected chi connectivity index (χ1v) is 26.6. The van der Waals surface area contributed by atoms with Crippen molar-refractivity contribution < 1.29 is 42.2 Å². The van der Waals surface area contributed by atoms with Crippen LogP contribution in [0, 0.1) is 23.5 Å². The largest absolute Gasteiger partial charge is 0.383 e. The molecule has 7 N–H and O–H groups in total. The number of hydrogen-bond acceptors (Lipinski definition) is 13. The Labute approximate surface area is 404 Å². The zero-order valence-corrected chi connectivity index (χ0v) is 41.2. The van der Waals surface area contributed by atoms with E-state index in [1.807, 2.05) is 13.8 Å². The standard InChI is InChI=1S/C27H37FN6O4Si.C21H23FN6O3/c1-17-15-33(22(12-23(17)37-2)18-6-8-19(28)9-7-18)27(36)26(35)32-21-14-30-25(29)20-13-31-34(24(20)21)16-38-10-11-39(3,4)5;1-11-10-28(16(7-17(11)31-2)12-3-5-13(22)6-4-12)21(30)20(29)26-15-9-24-19(23)14-8-25-27-18(14)15/h6-9,13-14,17,22-23H,10-12,15-16H2,1-5H3,(H2,29,30)(H,32,35);3-6,8-9,11,16-17H,7,10H2,1-2H3,(H2,23,24)(H,25,27)(H,26,29). The molecule has 70 heavy (non-hydrogen) atoms. The maximum Gasteiger partial charge on any atom is 0.314 e. The van der Waals surface area contributed by atoms with Gasteiger partial charge in [0.25, 0.3) is 0 Å². The Bertz CT molecular complexity index is 2820. The Hall–Kier alpha value is -6.88. The van der Waals surface area contributed by atoms with Gasteiger partial charge in [0.05, 0.1) is 82.3 Å². The van der Waals surface area contributed by atoms with Gasteiger partial charge in [0, 0.05) is 53.8 Å². The number of aromatic nitrogens is 6. The van der Waals surface area contributed by atoms with E-state index in [-0.39, 0.29) is 54.0 Å². The Balaban J connectivity index is 0.000000212. The molecular weight excluding hydrogens is 923 g/mol. The summed E-state index contributed by atoms with van der Waals surface area (Å²) in [6, 6.07) is 12.0. The number of nitrogen functional groups attached to an aromatic ring is 2. The molecule has 6 aromatic rings. The summed E-state index contributed by atoms with van der Waals surface area (Å²) in [5.41, 5.74) is 15.0. The topological polar surface area (TPSA) is 251 Å². The summed E-state index contributed by atoms with van der Waals surface area (Å²) in [6.07, 6.45) is 6.64. The number of fused-ring (bicyclic) bond motifs is 2. The van der Waals surface area contributed by atoms with Crippen LogP contribution in [0.15, 0.2) is 73.3 Å². The predicted molar refractivity (Wildman–Crippen MR) is 262 cm³/mol. The second-order valence-corrected chi connectivity index (χ2v) is 24.6. The lowest BCUT2D eigenvalue weighted by Gasteiger charge is -2.42. The van der Waals surface area contributed by atoms with Crippen molar-refractivity contribution in [2.75, 3.05) is 56.0 Å². The van der Waals surface area contributed by atoms with E-state index in [1.165, 1.54) is 52.7 Å². The van der Waals surface area contributed by atoms with E-state index in [0.717, 1.165) is 17.2 Å². The molecule has 2 saturated heterocycles. The minimum atomic E-state index is -1.26. The highest BCUT2D eigenvalue weighted by atomic mass is 28.3. The van der Waals surface area contributed by atoms with Crippen LogP contribution in [0.3, 0.4) is 0 Å². The number of hydrogen-bond donors (Lipinski definition) is 5. The number of carbonyl (C=O) groups excluding carboxylic acids is 4. The molecule has 2 fully saturated rings. The quantitative estimate of drug-likeness (QED) is 0.0546. The number of amides is 4. The molecule has 22 heteroatoms. The third kappa shape index (κ3) is 11.6. The van der Waals surface area contributed by atoms with Crippen molar-refractivity contribution in [2.24, 2.45) is 11.8 Å². The van der Waals surface area contributed by atoms with Crippen LogP contribution < -0.4 is 22.1 Å². The molecule has 2 aliphatic heterocycles. The average Bonchev–Trinajstić information content (AvgIpc) is 4.02. The van der Waals surface area contributed by atoms with Gasteiger partial charge in [0.15, 0.2) is 0 Å². The normalized spacial score (nSPS) is 20.5. The van der Waals surface area contributed by atoms with Gasteiger partial charge in [0.2, 0.25) is 0 Å². The van der Waals surface area contributed by atoms with Crippen molar-refractivity contribution in [3.05, 3.63) is 96.1 Å². The Morgan fingerprint density at radius 1 is 0.729 bits per heavy atom. The average molecular weight is 983 g/mol. The lowest BCUT2D eigenvalue weighted by Crippen LogP contribution is -2.50. The Morgan fingerprint density at radius 3 is 1.71 bits per heavy atom. The van der Waals surface area contributed by atoms with E-state index in [0.29, 0.717) is 65.7 Å². The van der Waals surface area contributed by atoms with Gasteiger partial charge in [-0.2, -0.15) is 10.2 Å². The van der Waals surface area contributed by atoms with E-state index in [2.05, 4.69) is 55.5 Å². The van der Waals surface area contributed by atoms with Gasteiger partial charge >= 0.3 is 23.6 Å². The van der Waals surface area contributed by atoms with Crippen LogP contribution >= 0.6 is 0 Å². The predicted octanol–water partition coefficient (Wildman–Crippen LogP) is 6.27. The van der Waals surface area contributed by atoms with Gasteiger partial charge < -0.3 is 46.1 Å². The second kappa shape index (κ2) is 21.8. The number of methoxy groups -OCH3 is 2. The van der Waals surface area contributed by atoms with Gasteiger partial charge in [-0.15, -0.1) is 0 Å². The number of nitrogens with two attached hydrogens (primary N) is 2. The van der Waals surface area contributed by atoms with Crippen molar-refractivity contribution >= 4 is 76.5 Å². The molecule has 19 nitrogen and oxygen atoms in total. The van der Waals surface area contributed by atoms with E-state index in [9.17, 15) is 28.0 Å². The monoisotopic (exact) mass is 982 g/mol. The number of benzene rings is 2. The first kappa shape index (κ1) is 51.0. The lowest BCUT2D eigenvalue weighted by molar-refractivity contribution is -0.149. The third-order valence-corrected chi connectivity index (χ3v) is 14.6. The molecule has 372 valence electrons. The number of nitrogens with zero attached hydrogens (tertiary/aromatic N) is 7. The van der Waals surface area contributed by atoms with Crippen molar-refractivity contribution in [3.8, 4) is 0 Å². The minimum absolute atomic E-state index is 0.00286. The van der Waals surface area contributed by atoms with Gasteiger partial charge in [-0.3, -0.25) is 24.3 Å². The highest BCUT2D eigenvalue weighted by molar-refractivity contribution is 6.76. The van der Waals surface area contributed by atoms with Gasteiger partial charge in [-0.1, -0.05) is 57.8 Å². The lowest BCUT2D eigenvalue weighted by atomic mass is 9.87. The number of aromatic amines is 1.